The summed E-state index contributed by atoms with van der Waals surface area (Å²) in [6.07, 6.45) is 5.43. The van der Waals surface area contributed by atoms with Crippen LogP contribution in [-0.2, 0) is 4.74 Å². The summed E-state index contributed by atoms with van der Waals surface area (Å²) in [4.78, 5) is 23.9. The number of halogens is 1. The number of carboxylic acid groups (broad SMARTS) is 1. The lowest BCUT2D eigenvalue weighted by molar-refractivity contribution is -0.0376. The largest absolute Gasteiger partial charge is 0.465 e. The van der Waals surface area contributed by atoms with Gasteiger partial charge >= 0.3 is 6.09 Å². The van der Waals surface area contributed by atoms with Crippen LogP contribution in [0.2, 0.25) is 5.02 Å². The summed E-state index contributed by atoms with van der Waals surface area (Å²) in [5.74, 6) is 0.803. The average Bonchev–Trinajstić information content (AvgIpc) is 3.23. The molecule has 3 aromatic rings. The van der Waals surface area contributed by atoms with Crippen LogP contribution in [0.15, 0.2) is 40.4 Å². The van der Waals surface area contributed by atoms with E-state index in [1.165, 1.54) is 11.8 Å². The fraction of sp³-hybridized carbons (Fsp3) is 0.500. The highest BCUT2D eigenvalue weighted by Crippen LogP contribution is 2.38. The van der Waals surface area contributed by atoms with Crippen LogP contribution in [0.1, 0.15) is 45.3 Å². The van der Waals surface area contributed by atoms with E-state index in [2.05, 4.69) is 17.1 Å². The zero-order chi connectivity index (χ0) is 24.4. The van der Waals surface area contributed by atoms with Crippen LogP contribution in [0.3, 0.4) is 0 Å². The highest BCUT2D eigenvalue weighted by Gasteiger charge is 2.32. The van der Waals surface area contributed by atoms with Crippen molar-refractivity contribution in [2.24, 2.45) is 5.41 Å². The van der Waals surface area contributed by atoms with Gasteiger partial charge in [0.2, 0.25) is 0 Å². The van der Waals surface area contributed by atoms with E-state index in [1.807, 2.05) is 35.1 Å². The van der Waals surface area contributed by atoms with Gasteiger partial charge in [-0.05, 0) is 49.7 Å². The van der Waals surface area contributed by atoms with Crippen molar-refractivity contribution in [2.45, 2.75) is 55.2 Å². The first-order valence-electron chi connectivity index (χ1n) is 11.9. The first kappa shape index (κ1) is 24.1. The first-order chi connectivity index (χ1) is 16.9. The molecule has 0 spiro atoms. The Morgan fingerprint density at radius 1 is 1.31 bits per heavy atom. The third kappa shape index (κ3) is 5.34. The Morgan fingerprint density at radius 3 is 2.83 bits per heavy atom. The molecule has 186 valence electrons. The van der Waals surface area contributed by atoms with Gasteiger partial charge in [-0.15, -0.1) is 0 Å². The molecule has 9 nitrogen and oxygen atoms in total. The molecule has 1 unspecified atom stereocenters. The van der Waals surface area contributed by atoms with E-state index in [1.54, 1.807) is 0 Å². The van der Waals surface area contributed by atoms with E-state index < -0.39 is 6.09 Å². The molecule has 2 aliphatic rings. The Kier molecular flexibility index (Phi) is 7.04. The maximum atomic E-state index is 10.9. The summed E-state index contributed by atoms with van der Waals surface area (Å²) in [5, 5.41) is 17.8. The molecule has 1 aromatic carbocycles. The van der Waals surface area contributed by atoms with Crippen LogP contribution < -0.4 is 10.2 Å². The number of ether oxygens (including phenoxy) is 1. The average molecular weight is 517 g/mol. The number of piperidine rings is 1. The molecule has 11 heteroatoms. The zero-order valence-electron chi connectivity index (χ0n) is 19.6. The van der Waals surface area contributed by atoms with Crippen molar-refractivity contribution >= 4 is 46.4 Å². The quantitative estimate of drug-likeness (QED) is 0.460. The highest BCUT2D eigenvalue weighted by atomic mass is 35.5. The van der Waals surface area contributed by atoms with Gasteiger partial charge in [0.05, 0.1) is 11.2 Å². The minimum atomic E-state index is -0.978. The van der Waals surface area contributed by atoms with Crippen molar-refractivity contribution < 1.29 is 14.6 Å². The van der Waals surface area contributed by atoms with Crippen LogP contribution in [0.5, 0.6) is 0 Å². The van der Waals surface area contributed by atoms with Gasteiger partial charge in [-0.25, -0.2) is 19.4 Å². The molecule has 1 amide bonds. The number of anilines is 1. The minimum absolute atomic E-state index is 0.0666. The fourth-order valence-corrected chi connectivity index (χ4v) is 5.73. The third-order valence-corrected chi connectivity index (χ3v) is 8.28. The van der Waals surface area contributed by atoms with Crippen molar-refractivity contribution in [3.05, 3.63) is 35.5 Å². The molecule has 2 saturated heterocycles. The number of hydrogen-bond acceptors (Lipinski definition) is 7. The van der Waals surface area contributed by atoms with E-state index >= 15 is 0 Å². The number of hydrogen-bond donors (Lipinski definition) is 2. The number of rotatable bonds is 6. The second-order valence-electron chi connectivity index (χ2n) is 9.46. The fourth-order valence-electron chi connectivity index (χ4n) is 4.59. The van der Waals surface area contributed by atoms with Gasteiger partial charge in [0, 0.05) is 31.1 Å². The molecule has 2 fully saturated rings. The number of benzene rings is 1. The number of aromatic nitrogens is 4. The smallest absolute Gasteiger partial charge is 0.404 e. The Morgan fingerprint density at radius 2 is 2.11 bits per heavy atom. The molecular formula is C24H29ClN6O3S. The second-order valence-corrected chi connectivity index (χ2v) is 10.9. The lowest BCUT2D eigenvalue weighted by Gasteiger charge is -2.39. The highest BCUT2D eigenvalue weighted by molar-refractivity contribution is 7.99. The summed E-state index contributed by atoms with van der Waals surface area (Å²) in [6.45, 7) is 4.86. The molecule has 35 heavy (non-hydrogen) atoms. The predicted octanol–water partition coefficient (Wildman–Crippen LogP) is 5.20. The van der Waals surface area contributed by atoms with E-state index in [0.29, 0.717) is 23.8 Å². The Bertz CT molecular complexity index is 1210. The molecule has 5 rings (SSSR count). The molecule has 0 radical (unpaired) electrons. The van der Waals surface area contributed by atoms with E-state index in [-0.39, 0.29) is 11.6 Å². The molecular weight excluding hydrogens is 488 g/mol. The SMILES string of the molecule is CC1(CNC(=O)O)CCN(c2cnc3c(Sc4ccccc4Cl)nn(C4CCCCO4)c3n2)CC1. The summed E-state index contributed by atoms with van der Waals surface area (Å²) in [7, 11) is 0. The van der Waals surface area contributed by atoms with Crippen LogP contribution >= 0.6 is 23.4 Å². The van der Waals surface area contributed by atoms with Gasteiger partial charge in [-0.1, -0.05) is 42.4 Å². The third-order valence-electron chi connectivity index (χ3n) is 6.79. The normalized spacial score (nSPS) is 20.2. The van der Waals surface area contributed by atoms with Gasteiger partial charge in [0.1, 0.15) is 11.3 Å². The molecule has 1 atom stereocenters. The Labute approximate surface area is 213 Å². The summed E-state index contributed by atoms with van der Waals surface area (Å²) in [5.41, 5.74) is 1.38. The van der Waals surface area contributed by atoms with Crippen molar-refractivity contribution in [3.63, 3.8) is 0 Å². The van der Waals surface area contributed by atoms with Crippen molar-refractivity contribution in [1.82, 2.24) is 25.1 Å². The zero-order valence-corrected chi connectivity index (χ0v) is 21.2. The Balaban J connectivity index is 1.43. The van der Waals surface area contributed by atoms with Gasteiger partial charge in [-0.3, -0.25) is 0 Å². The summed E-state index contributed by atoms with van der Waals surface area (Å²) >= 11 is 7.90. The predicted molar refractivity (Wildman–Crippen MR) is 135 cm³/mol. The van der Waals surface area contributed by atoms with E-state index in [0.717, 1.165) is 66.4 Å². The number of fused-ring (bicyclic) bond motifs is 1. The molecule has 2 aliphatic heterocycles. The lowest BCUT2D eigenvalue weighted by Crippen LogP contribution is -2.44. The van der Waals surface area contributed by atoms with Gasteiger partial charge in [0.25, 0.3) is 0 Å². The molecule has 2 aromatic heterocycles. The monoisotopic (exact) mass is 516 g/mol. The molecule has 0 saturated carbocycles. The van der Waals surface area contributed by atoms with Crippen molar-refractivity contribution in [1.29, 1.82) is 0 Å². The van der Waals surface area contributed by atoms with Crippen LogP contribution in [0.4, 0.5) is 10.6 Å². The van der Waals surface area contributed by atoms with Crippen molar-refractivity contribution in [3.8, 4) is 0 Å². The van der Waals surface area contributed by atoms with Gasteiger partial charge in [0.15, 0.2) is 16.9 Å². The number of nitrogens with one attached hydrogen (secondary N) is 1. The van der Waals surface area contributed by atoms with Gasteiger partial charge < -0.3 is 20.1 Å². The number of amides is 1. The van der Waals surface area contributed by atoms with Crippen LogP contribution in [0.25, 0.3) is 11.2 Å². The topological polar surface area (TPSA) is 105 Å². The number of carbonyl (C=O) groups is 1. The first-order valence-corrected chi connectivity index (χ1v) is 13.1. The lowest BCUT2D eigenvalue weighted by atomic mass is 9.80. The summed E-state index contributed by atoms with van der Waals surface area (Å²) in [6, 6.07) is 7.71. The molecule has 0 aliphatic carbocycles. The van der Waals surface area contributed by atoms with Crippen molar-refractivity contribution in [2.75, 3.05) is 31.1 Å². The molecule has 2 N–H and O–H groups in total. The van der Waals surface area contributed by atoms with Crippen LogP contribution in [-0.4, -0.2) is 57.2 Å². The standard InChI is InChI=1S/C24H29ClN6O3S/c1-24(15-27-23(32)33)9-11-30(12-10-24)18-14-26-20-21(28-18)31(19-8-4-5-13-34-19)29-22(20)35-17-7-3-2-6-16(17)25/h2-3,6-7,14,19,27H,4-5,8-13,15H2,1H3,(H,32,33). The van der Waals surface area contributed by atoms with E-state index in [9.17, 15) is 4.79 Å². The number of nitrogens with zero attached hydrogens (tertiary/aromatic N) is 5. The Hall–Kier alpha value is -2.56. The maximum Gasteiger partial charge on any atom is 0.404 e. The maximum absolute atomic E-state index is 10.9. The van der Waals surface area contributed by atoms with Crippen LogP contribution in [0, 0.1) is 5.41 Å². The van der Waals surface area contributed by atoms with E-state index in [4.69, 9.17) is 36.5 Å². The molecule has 0 bridgehead atoms. The van der Waals surface area contributed by atoms with Gasteiger partial charge in [-0.2, -0.15) is 5.10 Å². The minimum Gasteiger partial charge on any atom is -0.465 e. The summed E-state index contributed by atoms with van der Waals surface area (Å²) < 4.78 is 7.93. The molecule has 4 heterocycles. The second kappa shape index (κ2) is 10.2.